The Hall–Kier alpha value is -2.90. The molecule has 0 spiro atoms. The number of benzene rings is 2. The third-order valence-corrected chi connectivity index (χ3v) is 4.84. The number of hydrogen-bond acceptors (Lipinski definition) is 5. The third kappa shape index (κ3) is 4.10. The number of anilines is 1. The minimum atomic E-state index is -0.166. The minimum Gasteiger partial charge on any atom is -0.486 e. The summed E-state index contributed by atoms with van der Waals surface area (Å²) < 4.78 is 7.68. The van der Waals surface area contributed by atoms with Gasteiger partial charge in [-0.15, -0.1) is 11.3 Å². The Morgan fingerprint density at radius 2 is 2.00 bits per heavy atom. The molecule has 1 amide bonds. The number of amides is 1. The Labute approximate surface area is 164 Å². The molecule has 8 heteroatoms. The van der Waals surface area contributed by atoms with Gasteiger partial charge in [-0.05, 0) is 36.4 Å². The standard InChI is InChI=1S/C19H15ClN4O2S/c20-13-5-7-14(8-6-13)26-12-17-22-15-3-1-2-4-16(15)24(17)11-18(25)23-19-21-9-10-27-19/h1-10H,11-12H2,(H,21,23,25). The molecule has 0 aliphatic heterocycles. The first kappa shape index (κ1) is 17.5. The fourth-order valence-corrected chi connectivity index (χ4v) is 3.35. The molecule has 0 bridgehead atoms. The van der Waals surface area contributed by atoms with E-state index in [1.165, 1.54) is 11.3 Å². The maximum absolute atomic E-state index is 12.4. The summed E-state index contributed by atoms with van der Waals surface area (Å²) in [4.78, 5) is 21.1. The fourth-order valence-electron chi connectivity index (χ4n) is 2.68. The van der Waals surface area contributed by atoms with Crippen LogP contribution < -0.4 is 10.1 Å². The van der Waals surface area contributed by atoms with Crippen LogP contribution in [0, 0.1) is 0 Å². The van der Waals surface area contributed by atoms with Crippen LogP contribution in [0.4, 0.5) is 5.13 Å². The number of carbonyl (C=O) groups is 1. The highest BCUT2D eigenvalue weighted by Crippen LogP contribution is 2.20. The number of rotatable bonds is 6. The number of fused-ring (bicyclic) bond motifs is 1. The van der Waals surface area contributed by atoms with E-state index in [1.807, 2.05) is 34.2 Å². The van der Waals surface area contributed by atoms with Crippen LogP contribution in [-0.2, 0) is 17.9 Å². The lowest BCUT2D eigenvalue weighted by atomic mass is 10.3. The zero-order valence-electron chi connectivity index (χ0n) is 14.1. The van der Waals surface area contributed by atoms with Crippen LogP contribution in [-0.4, -0.2) is 20.4 Å². The molecule has 0 fully saturated rings. The van der Waals surface area contributed by atoms with E-state index in [0.717, 1.165) is 11.0 Å². The van der Waals surface area contributed by atoms with Gasteiger partial charge in [-0.1, -0.05) is 23.7 Å². The van der Waals surface area contributed by atoms with Gasteiger partial charge in [-0.2, -0.15) is 0 Å². The van der Waals surface area contributed by atoms with Gasteiger partial charge in [0.1, 0.15) is 24.7 Å². The number of halogens is 1. The summed E-state index contributed by atoms with van der Waals surface area (Å²) in [6.07, 6.45) is 1.65. The first-order valence-corrected chi connectivity index (χ1v) is 9.46. The van der Waals surface area contributed by atoms with Gasteiger partial charge >= 0.3 is 0 Å². The molecule has 0 aliphatic rings. The van der Waals surface area contributed by atoms with Crippen molar-refractivity contribution in [1.82, 2.24) is 14.5 Å². The first-order valence-electron chi connectivity index (χ1n) is 8.21. The number of aromatic nitrogens is 3. The van der Waals surface area contributed by atoms with E-state index in [2.05, 4.69) is 15.3 Å². The van der Waals surface area contributed by atoms with Gasteiger partial charge in [0.15, 0.2) is 5.13 Å². The van der Waals surface area contributed by atoms with E-state index in [-0.39, 0.29) is 19.1 Å². The van der Waals surface area contributed by atoms with Gasteiger partial charge in [0.2, 0.25) is 5.91 Å². The number of thiazole rings is 1. The van der Waals surface area contributed by atoms with Crippen molar-refractivity contribution in [1.29, 1.82) is 0 Å². The van der Waals surface area contributed by atoms with Crippen LogP contribution in [0.2, 0.25) is 5.02 Å². The monoisotopic (exact) mass is 398 g/mol. The van der Waals surface area contributed by atoms with Crippen molar-refractivity contribution in [3.8, 4) is 5.75 Å². The van der Waals surface area contributed by atoms with Gasteiger partial charge in [-0.3, -0.25) is 4.79 Å². The highest BCUT2D eigenvalue weighted by molar-refractivity contribution is 7.13. The molecule has 2 heterocycles. The number of carbonyl (C=O) groups excluding carboxylic acids is 1. The lowest BCUT2D eigenvalue weighted by Crippen LogP contribution is -2.20. The smallest absolute Gasteiger partial charge is 0.246 e. The molecule has 0 atom stereocenters. The van der Waals surface area contributed by atoms with Crippen molar-refractivity contribution < 1.29 is 9.53 Å². The second-order valence-corrected chi connectivity index (χ2v) is 7.06. The van der Waals surface area contributed by atoms with Crippen molar-refractivity contribution in [2.75, 3.05) is 5.32 Å². The molecule has 136 valence electrons. The van der Waals surface area contributed by atoms with Crippen LogP contribution in [0.5, 0.6) is 5.75 Å². The van der Waals surface area contributed by atoms with Crippen molar-refractivity contribution in [2.45, 2.75) is 13.2 Å². The zero-order valence-corrected chi connectivity index (χ0v) is 15.7. The van der Waals surface area contributed by atoms with E-state index < -0.39 is 0 Å². The van der Waals surface area contributed by atoms with E-state index in [1.54, 1.807) is 30.5 Å². The van der Waals surface area contributed by atoms with E-state index in [0.29, 0.717) is 21.7 Å². The Kier molecular flexibility index (Phi) is 5.04. The Balaban J connectivity index is 1.56. The largest absolute Gasteiger partial charge is 0.486 e. The second-order valence-electron chi connectivity index (χ2n) is 5.73. The molecular weight excluding hydrogens is 384 g/mol. The highest BCUT2D eigenvalue weighted by Gasteiger charge is 2.15. The minimum absolute atomic E-state index is 0.124. The zero-order chi connectivity index (χ0) is 18.6. The molecule has 2 aromatic carbocycles. The number of para-hydroxylation sites is 2. The number of imidazole rings is 1. The van der Waals surface area contributed by atoms with Crippen LogP contribution in [0.15, 0.2) is 60.1 Å². The molecular formula is C19H15ClN4O2S. The normalized spacial score (nSPS) is 10.9. The second kappa shape index (κ2) is 7.77. The van der Waals surface area contributed by atoms with Crippen molar-refractivity contribution in [2.24, 2.45) is 0 Å². The quantitative estimate of drug-likeness (QED) is 0.523. The van der Waals surface area contributed by atoms with Crippen LogP contribution in [0.3, 0.4) is 0 Å². The molecule has 4 aromatic rings. The number of ether oxygens (including phenoxy) is 1. The van der Waals surface area contributed by atoms with Gasteiger partial charge in [0.25, 0.3) is 0 Å². The fraction of sp³-hybridized carbons (Fsp3) is 0.105. The van der Waals surface area contributed by atoms with Crippen LogP contribution >= 0.6 is 22.9 Å². The molecule has 1 N–H and O–H groups in total. The van der Waals surface area contributed by atoms with Crippen molar-refractivity contribution >= 4 is 45.0 Å². The average molecular weight is 399 g/mol. The summed E-state index contributed by atoms with van der Waals surface area (Å²) in [6.45, 7) is 0.361. The molecule has 27 heavy (non-hydrogen) atoms. The van der Waals surface area contributed by atoms with E-state index in [4.69, 9.17) is 16.3 Å². The Morgan fingerprint density at radius 3 is 2.78 bits per heavy atom. The molecule has 6 nitrogen and oxygen atoms in total. The SMILES string of the molecule is O=C(Cn1c(COc2ccc(Cl)cc2)nc2ccccc21)Nc1nccs1. The van der Waals surface area contributed by atoms with Gasteiger partial charge in [-0.25, -0.2) is 9.97 Å². The van der Waals surface area contributed by atoms with Gasteiger partial charge < -0.3 is 14.6 Å². The van der Waals surface area contributed by atoms with Gasteiger partial charge in [0, 0.05) is 16.6 Å². The molecule has 2 aromatic heterocycles. The molecule has 0 saturated heterocycles. The van der Waals surface area contributed by atoms with Crippen LogP contribution in [0.25, 0.3) is 11.0 Å². The maximum Gasteiger partial charge on any atom is 0.246 e. The summed E-state index contributed by atoms with van der Waals surface area (Å²) in [6, 6.07) is 14.8. The molecule has 0 saturated carbocycles. The topological polar surface area (TPSA) is 69.0 Å². The van der Waals surface area contributed by atoms with E-state index in [9.17, 15) is 4.79 Å². The Morgan fingerprint density at radius 1 is 1.19 bits per heavy atom. The van der Waals surface area contributed by atoms with Gasteiger partial charge in [0.05, 0.1) is 11.0 Å². The first-order chi connectivity index (χ1) is 13.2. The summed E-state index contributed by atoms with van der Waals surface area (Å²) in [5.74, 6) is 1.19. The third-order valence-electron chi connectivity index (χ3n) is 3.90. The lowest BCUT2D eigenvalue weighted by molar-refractivity contribution is -0.116. The number of nitrogens with one attached hydrogen (secondary N) is 1. The summed E-state index contributed by atoms with van der Waals surface area (Å²) in [7, 11) is 0. The number of nitrogens with zero attached hydrogens (tertiary/aromatic N) is 3. The summed E-state index contributed by atoms with van der Waals surface area (Å²) >= 11 is 7.28. The molecule has 0 unspecified atom stereocenters. The lowest BCUT2D eigenvalue weighted by Gasteiger charge is -2.10. The Bertz CT molecular complexity index is 1060. The van der Waals surface area contributed by atoms with E-state index >= 15 is 0 Å². The maximum atomic E-state index is 12.4. The molecule has 4 rings (SSSR count). The molecule has 0 aliphatic carbocycles. The number of hydrogen-bond donors (Lipinski definition) is 1. The summed E-state index contributed by atoms with van der Waals surface area (Å²) in [5.41, 5.74) is 1.69. The van der Waals surface area contributed by atoms with Crippen LogP contribution in [0.1, 0.15) is 5.82 Å². The predicted octanol–water partition coefficient (Wildman–Crippen LogP) is 4.36. The van der Waals surface area contributed by atoms with Crippen molar-refractivity contribution in [3.63, 3.8) is 0 Å². The summed E-state index contributed by atoms with van der Waals surface area (Å²) in [5, 5.41) is 5.83. The predicted molar refractivity (Wildman–Crippen MR) is 106 cm³/mol. The van der Waals surface area contributed by atoms with Crippen molar-refractivity contribution in [3.05, 3.63) is 71.0 Å². The molecule has 0 radical (unpaired) electrons. The highest BCUT2D eigenvalue weighted by atomic mass is 35.5. The average Bonchev–Trinajstić information content (AvgIpc) is 3.29.